The molecule has 0 aromatic carbocycles. The number of likely N-dealkylation sites (tertiary alicyclic amines) is 1. The largest absolute Gasteiger partial charge is 0.342 e. The molecule has 0 N–H and O–H groups in total. The third-order valence-electron chi connectivity index (χ3n) is 3.60. The molecule has 1 aliphatic carbocycles. The van der Waals surface area contributed by atoms with Gasteiger partial charge in [-0.2, -0.15) is 12.6 Å². The summed E-state index contributed by atoms with van der Waals surface area (Å²) in [7, 11) is 0. The van der Waals surface area contributed by atoms with Gasteiger partial charge in [0.1, 0.15) is 0 Å². The van der Waals surface area contributed by atoms with Gasteiger partial charge in [0.05, 0.1) is 0 Å². The van der Waals surface area contributed by atoms with Crippen LogP contribution in [0.4, 0.5) is 0 Å². The molecule has 0 aromatic rings. The molecule has 2 fully saturated rings. The summed E-state index contributed by atoms with van der Waals surface area (Å²) >= 11 is 4.33. The Morgan fingerprint density at radius 1 is 1.57 bits per heavy atom. The summed E-state index contributed by atoms with van der Waals surface area (Å²) in [6.07, 6.45) is 4.32. The second-order valence-electron chi connectivity index (χ2n) is 5.07. The highest BCUT2D eigenvalue weighted by molar-refractivity contribution is 7.80. The van der Waals surface area contributed by atoms with E-state index in [1.165, 1.54) is 19.3 Å². The minimum absolute atomic E-state index is 0.284. The average molecular weight is 213 g/mol. The second kappa shape index (κ2) is 3.76. The van der Waals surface area contributed by atoms with Crippen LogP contribution < -0.4 is 0 Å². The number of carbonyl (C=O) groups is 1. The van der Waals surface area contributed by atoms with Gasteiger partial charge in [-0.05, 0) is 36.3 Å². The molecule has 3 heteroatoms. The number of thiol groups is 1. The first-order valence-electron chi connectivity index (χ1n) is 5.54. The van der Waals surface area contributed by atoms with Crippen LogP contribution in [-0.2, 0) is 4.79 Å². The first-order chi connectivity index (χ1) is 6.65. The molecular weight excluding hydrogens is 194 g/mol. The van der Waals surface area contributed by atoms with Crippen LogP contribution in [0.3, 0.4) is 0 Å². The minimum atomic E-state index is 0.284. The van der Waals surface area contributed by atoms with E-state index in [1.54, 1.807) is 0 Å². The van der Waals surface area contributed by atoms with E-state index < -0.39 is 0 Å². The highest BCUT2D eigenvalue weighted by atomic mass is 32.1. The molecule has 2 rings (SSSR count). The zero-order chi connectivity index (χ0) is 10.2. The number of carbonyl (C=O) groups excluding carboxylic acids is 1. The van der Waals surface area contributed by atoms with Crippen LogP contribution in [0.2, 0.25) is 0 Å². The Labute approximate surface area is 91.5 Å². The van der Waals surface area contributed by atoms with Crippen molar-refractivity contribution < 1.29 is 4.79 Å². The van der Waals surface area contributed by atoms with E-state index in [0.29, 0.717) is 11.8 Å². The summed E-state index contributed by atoms with van der Waals surface area (Å²) in [5.41, 5.74) is 0.284. The number of amides is 1. The molecule has 1 heterocycles. The van der Waals surface area contributed by atoms with Crippen molar-refractivity contribution in [1.29, 1.82) is 0 Å². The predicted octanol–water partition coefficient (Wildman–Crippen LogP) is 1.95. The monoisotopic (exact) mass is 213 g/mol. The molecule has 14 heavy (non-hydrogen) atoms. The average Bonchev–Trinajstić information content (AvgIpc) is 2.80. The topological polar surface area (TPSA) is 20.3 Å². The first kappa shape index (κ1) is 10.3. The fourth-order valence-corrected chi connectivity index (χ4v) is 2.59. The van der Waals surface area contributed by atoms with Gasteiger partial charge in [-0.15, -0.1) is 0 Å². The molecule has 1 unspecified atom stereocenters. The summed E-state index contributed by atoms with van der Waals surface area (Å²) in [6, 6.07) is 0. The molecule has 1 atom stereocenters. The summed E-state index contributed by atoms with van der Waals surface area (Å²) in [6.45, 7) is 4.17. The fourth-order valence-electron chi connectivity index (χ4n) is 2.16. The Kier molecular flexibility index (Phi) is 2.78. The molecule has 0 radical (unpaired) electrons. The lowest BCUT2D eigenvalue weighted by atomic mass is 10.0. The van der Waals surface area contributed by atoms with Crippen LogP contribution >= 0.6 is 12.6 Å². The Balaban J connectivity index is 1.84. The fraction of sp³-hybridized carbons (Fsp3) is 0.909. The van der Waals surface area contributed by atoms with Crippen molar-refractivity contribution in [2.24, 2.45) is 11.3 Å². The van der Waals surface area contributed by atoms with Crippen molar-refractivity contribution in [3.63, 3.8) is 0 Å². The van der Waals surface area contributed by atoms with Crippen LogP contribution in [0.5, 0.6) is 0 Å². The van der Waals surface area contributed by atoms with Crippen molar-refractivity contribution in [2.75, 3.05) is 18.8 Å². The maximum atomic E-state index is 11.9. The van der Waals surface area contributed by atoms with Gasteiger partial charge in [-0.1, -0.05) is 6.92 Å². The Bertz CT molecular complexity index is 237. The standard InChI is InChI=1S/C11H19NOS/c1-9-2-5-12(7-9)10(13)6-11(8-14)3-4-11/h9,14H,2-8H2,1H3. The quantitative estimate of drug-likeness (QED) is 0.711. The van der Waals surface area contributed by atoms with Crippen molar-refractivity contribution >= 4 is 18.5 Å². The maximum Gasteiger partial charge on any atom is 0.223 e. The van der Waals surface area contributed by atoms with Crippen molar-refractivity contribution in [3.05, 3.63) is 0 Å². The molecule has 1 saturated heterocycles. The van der Waals surface area contributed by atoms with E-state index >= 15 is 0 Å². The van der Waals surface area contributed by atoms with E-state index in [2.05, 4.69) is 19.6 Å². The first-order valence-corrected chi connectivity index (χ1v) is 6.17. The molecule has 1 amide bonds. The molecule has 2 aliphatic rings. The van der Waals surface area contributed by atoms with Crippen molar-refractivity contribution in [1.82, 2.24) is 4.90 Å². The van der Waals surface area contributed by atoms with Gasteiger partial charge in [-0.25, -0.2) is 0 Å². The minimum Gasteiger partial charge on any atom is -0.342 e. The van der Waals surface area contributed by atoms with Crippen molar-refractivity contribution in [2.45, 2.75) is 32.6 Å². The zero-order valence-electron chi connectivity index (χ0n) is 8.83. The third kappa shape index (κ3) is 2.08. The van der Waals surface area contributed by atoms with Gasteiger partial charge in [-0.3, -0.25) is 4.79 Å². The smallest absolute Gasteiger partial charge is 0.223 e. The number of hydrogen-bond donors (Lipinski definition) is 1. The lowest BCUT2D eigenvalue weighted by molar-refractivity contribution is -0.131. The Hall–Kier alpha value is -0.180. The SMILES string of the molecule is CC1CCN(C(=O)CC2(CS)CC2)C1. The van der Waals surface area contributed by atoms with E-state index in [0.717, 1.165) is 25.3 Å². The summed E-state index contributed by atoms with van der Waals surface area (Å²) in [5.74, 6) is 1.94. The third-order valence-corrected chi connectivity index (χ3v) is 4.27. The van der Waals surface area contributed by atoms with Gasteiger partial charge >= 0.3 is 0 Å². The van der Waals surface area contributed by atoms with Crippen LogP contribution in [-0.4, -0.2) is 29.6 Å². The highest BCUT2D eigenvalue weighted by Gasteiger charge is 2.44. The second-order valence-corrected chi connectivity index (χ2v) is 5.38. The van der Waals surface area contributed by atoms with E-state index in [-0.39, 0.29) is 5.41 Å². The number of hydrogen-bond acceptors (Lipinski definition) is 2. The molecule has 0 bridgehead atoms. The van der Waals surface area contributed by atoms with Gasteiger partial charge < -0.3 is 4.90 Å². The Morgan fingerprint density at radius 3 is 2.71 bits per heavy atom. The summed E-state index contributed by atoms with van der Waals surface area (Å²) in [5, 5.41) is 0. The Morgan fingerprint density at radius 2 is 2.29 bits per heavy atom. The van der Waals surface area contributed by atoms with Crippen molar-refractivity contribution in [3.8, 4) is 0 Å². The molecule has 1 saturated carbocycles. The number of nitrogens with zero attached hydrogens (tertiary/aromatic N) is 1. The van der Waals surface area contributed by atoms with Gasteiger partial charge in [0.2, 0.25) is 5.91 Å². The molecule has 0 spiro atoms. The summed E-state index contributed by atoms with van der Waals surface area (Å²) in [4.78, 5) is 13.9. The lowest BCUT2D eigenvalue weighted by Crippen LogP contribution is -2.30. The van der Waals surface area contributed by atoms with Crippen LogP contribution in [0.15, 0.2) is 0 Å². The number of rotatable bonds is 3. The van der Waals surface area contributed by atoms with E-state index in [4.69, 9.17) is 0 Å². The van der Waals surface area contributed by atoms with Gasteiger partial charge in [0, 0.05) is 19.5 Å². The van der Waals surface area contributed by atoms with E-state index in [1.807, 2.05) is 4.90 Å². The van der Waals surface area contributed by atoms with E-state index in [9.17, 15) is 4.79 Å². The molecule has 80 valence electrons. The molecule has 1 aliphatic heterocycles. The summed E-state index contributed by atoms with van der Waals surface area (Å²) < 4.78 is 0. The van der Waals surface area contributed by atoms with Gasteiger partial charge in [0.25, 0.3) is 0 Å². The van der Waals surface area contributed by atoms with Crippen LogP contribution in [0.25, 0.3) is 0 Å². The molecule has 2 nitrogen and oxygen atoms in total. The normalized spacial score (nSPS) is 29.3. The highest BCUT2D eigenvalue weighted by Crippen LogP contribution is 2.50. The van der Waals surface area contributed by atoms with Crippen LogP contribution in [0, 0.1) is 11.3 Å². The predicted molar refractivity (Wildman–Crippen MR) is 60.5 cm³/mol. The molecule has 0 aromatic heterocycles. The molecular formula is C11H19NOS. The maximum absolute atomic E-state index is 11.9. The van der Waals surface area contributed by atoms with Crippen LogP contribution in [0.1, 0.15) is 32.6 Å². The van der Waals surface area contributed by atoms with Gasteiger partial charge in [0.15, 0.2) is 0 Å². The lowest BCUT2D eigenvalue weighted by Gasteiger charge is -2.19. The zero-order valence-corrected chi connectivity index (χ0v) is 9.72.